The minimum atomic E-state index is -0.628. The van der Waals surface area contributed by atoms with Gasteiger partial charge in [0.15, 0.2) is 0 Å². The molecule has 2 aromatic rings. The second kappa shape index (κ2) is 6.97. The van der Waals surface area contributed by atoms with Gasteiger partial charge in [-0.3, -0.25) is 4.79 Å². The first-order valence-corrected chi connectivity index (χ1v) is 10.7. The molecule has 29 heavy (non-hydrogen) atoms. The van der Waals surface area contributed by atoms with E-state index in [2.05, 4.69) is 28.1 Å². The minimum absolute atomic E-state index is 0.116. The van der Waals surface area contributed by atoms with E-state index >= 15 is 0 Å². The van der Waals surface area contributed by atoms with E-state index in [1.807, 2.05) is 64.1 Å². The number of rotatable bonds is 4. The molecule has 0 unspecified atom stereocenters. The van der Waals surface area contributed by atoms with Crippen LogP contribution in [0.3, 0.4) is 0 Å². The predicted molar refractivity (Wildman–Crippen MR) is 117 cm³/mol. The molecule has 2 atom stereocenters. The molecule has 2 fully saturated rings. The smallest absolute Gasteiger partial charge is 0.468 e. The van der Waals surface area contributed by atoms with Crippen molar-refractivity contribution in [3.05, 3.63) is 64.1 Å². The SMILES string of the molecule is COC(=O)[C@]1(c2ccc(B3OC(C)(C)C(C)(C)O3)cc2)C[C@H]1c1ccc(Br)cc1. The molecule has 1 heterocycles. The highest BCUT2D eigenvalue weighted by Gasteiger charge is 2.62. The van der Waals surface area contributed by atoms with Gasteiger partial charge in [-0.15, -0.1) is 0 Å². The van der Waals surface area contributed by atoms with Crippen LogP contribution < -0.4 is 5.46 Å². The van der Waals surface area contributed by atoms with Gasteiger partial charge < -0.3 is 14.0 Å². The number of esters is 1. The molecule has 2 aromatic carbocycles. The fourth-order valence-corrected chi connectivity index (χ4v) is 4.39. The van der Waals surface area contributed by atoms with Crippen LogP contribution in [0, 0.1) is 0 Å². The first-order chi connectivity index (χ1) is 13.6. The van der Waals surface area contributed by atoms with Gasteiger partial charge >= 0.3 is 13.1 Å². The molecule has 0 bridgehead atoms. The maximum absolute atomic E-state index is 12.8. The normalized spacial score (nSPS) is 27.0. The molecular formula is C23H26BBrO4. The molecule has 0 amide bonds. The summed E-state index contributed by atoms with van der Waals surface area (Å²) in [6, 6.07) is 16.2. The molecule has 1 aliphatic carbocycles. The summed E-state index contributed by atoms with van der Waals surface area (Å²) in [7, 11) is 1.05. The maximum Gasteiger partial charge on any atom is 0.494 e. The lowest BCUT2D eigenvalue weighted by molar-refractivity contribution is -0.143. The second-order valence-electron chi connectivity index (χ2n) is 8.98. The van der Waals surface area contributed by atoms with Gasteiger partial charge in [0.2, 0.25) is 0 Å². The summed E-state index contributed by atoms with van der Waals surface area (Å²) in [6.45, 7) is 8.17. The Morgan fingerprint density at radius 1 is 1.00 bits per heavy atom. The standard InChI is InChI=1S/C23H26BBrO4/c1-21(2)22(3,4)29-24(28-21)17-10-8-16(9-11-17)23(20(26)27-5)14-19(23)15-6-12-18(25)13-7-15/h6-13,19H,14H2,1-5H3/t19-,23-/m0/s1. The van der Waals surface area contributed by atoms with Gasteiger partial charge in [0.1, 0.15) is 5.41 Å². The van der Waals surface area contributed by atoms with Crippen molar-refractivity contribution in [2.45, 2.75) is 56.7 Å². The van der Waals surface area contributed by atoms with Crippen molar-refractivity contribution in [1.82, 2.24) is 0 Å². The molecule has 1 saturated carbocycles. The number of carbonyl (C=O) groups is 1. The lowest BCUT2D eigenvalue weighted by Crippen LogP contribution is -2.41. The Hall–Kier alpha value is -1.63. The number of ether oxygens (including phenoxy) is 1. The molecule has 4 nitrogen and oxygen atoms in total. The van der Waals surface area contributed by atoms with Crippen molar-refractivity contribution in [2.75, 3.05) is 7.11 Å². The van der Waals surface area contributed by atoms with E-state index in [9.17, 15) is 4.79 Å². The van der Waals surface area contributed by atoms with Gasteiger partial charge in [0, 0.05) is 10.4 Å². The molecule has 0 N–H and O–H groups in total. The summed E-state index contributed by atoms with van der Waals surface area (Å²) in [5.74, 6) is -0.0699. The summed E-state index contributed by atoms with van der Waals surface area (Å²) in [5.41, 5.74) is 1.68. The Morgan fingerprint density at radius 3 is 2.07 bits per heavy atom. The number of methoxy groups -OCH3 is 1. The maximum atomic E-state index is 12.8. The van der Waals surface area contributed by atoms with Gasteiger partial charge in [-0.1, -0.05) is 52.3 Å². The summed E-state index contributed by atoms with van der Waals surface area (Å²) < 4.78 is 18.5. The fraction of sp³-hybridized carbons (Fsp3) is 0.435. The number of hydrogen-bond acceptors (Lipinski definition) is 4. The van der Waals surface area contributed by atoms with Crippen molar-refractivity contribution >= 4 is 34.5 Å². The van der Waals surface area contributed by atoms with Gasteiger partial charge in [-0.05, 0) is 62.8 Å². The Kier molecular flexibility index (Phi) is 4.96. The van der Waals surface area contributed by atoms with E-state index in [-0.39, 0.29) is 23.1 Å². The third-order valence-electron chi connectivity index (χ3n) is 6.73. The number of hydrogen-bond donors (Lipinski definition) is 0. The molecule has 152 valence electrons. The lowest BCUT2D eigenvalue weighted by Gasteiger charge is -2.32. The fourth-order valence-electron chi connectivity index (χ4n) is 4.12. The molecule has 0 spiro atoms. The monoisotopic (exact) mass is 456 g/mol. The van der Waals surface area contributed by atoms with Gasteiger partial charge in [0.25, 0.3) is 0 Å². The largest absolute Gasteiger partial charge is 0.494 e. The molecular weight excluding hydrogens is 431 g/mol. The first-order valence-electron chi connectivity index (χ1n) is 9.91. The predicted octanol–water partition coefficient (Wildman–Crippen LogP) is 4.35. The van der Waals surface area contributed by atoms with Crippen LogP contribution in [-0.2, 0) is 24.3 Å². The highest BCUT2D eigenvalue weighted by molar-refractivity contribution is 9.10. The van der Waals surface area contributed by atoms with E-state index in [1.165, 1.54) is 7.11 Å². The topological polar surface area (TPSA) is 44.8 Å². The molecule has 4 rings (SSSR count). The van der Waals surface area contributed by atoms with Crippen molar-refractivity contribution in [3.8, 4) is 0 Å². The van der Waals surface area contributed by atoms with Crippen LogP contribution in [0.5, 0.6) is 0 Å². The highest BCUT2D eigenvalue weighted by Crippen LogP contribution is 2.61. The Morgan fingerprint density at radius 2 is 1.55 bits per heavy atom. The zero-order valence-corrected chi connectivity index (χ0v) is 19.1. The lowest BCUT2D eigenvalue weighted by atomic mass is 9.77. The van der Waals surface area contributed by atoms with Gasteiger partial charge in [0.05, 0.1) is 18.3 Å². The highest BCUT2D eigenvalue weighted by atomic mass is 79.9. The molecule has 2 aliphatic rings. The van der Waals surface area contributed by atoms with Gasteiger partial charge in [-0.2, -0.15) is 0 Å². The quantitative estimate of drug-likeness (QED) is 0.506. The van der Waals surface area contributed by atoms with Crippen LogP contribution in [-0.4, -0.2) is 31.4 Å². The van der Waals surface area contributed by atoms with Crippen LogP contribution in [0.15, 0.2) is 53.0 Å². The zero-order valence-electron chi connectivity index (χ0n) is 17.5. The number of carbonyl (C=O) groups excluding carboxylic acids is 1. The zero-order chi connectivity index (χ0) is 21.0. The third kappa shape index (κ3) is 3.35. The summed E-state index contributed by atoms with van der Waals surface area (Å²) in [4.78, 5) is 12.8. The van der Waals surface area contributed by atoms with E-state index in [4.69, 9.17) is 14.0 Å². The van der Waals surface area contributed by atoms with E-state index in [1.54, 1.807) is 0 Å². The molecule has 1 saturated heterocycles. The molecule has 6 heteroatoms. The van der Waals surface area contributed by atoms with Crippen molar-refractivity contribution in [2.24, 2.45) is 0 Å². The molecule has 0 radical (unpaired) electrons. The summed E-state index contributed by atoms with van der Waals surface area (Å²) >= 11 is 3.47. The first kappa shape index (κ1) is 20.6. The van der Waals surface area contributed by atoms with Crippen molar-refractivity contribution in [3.63, 3.8) is 0 Å². The van der Waals surface area contributed by atoms with Crippen LogP contribution in [0.2, 0.25) is 0 Å². The minimum Gasteiger partial charge on any atom is -0.468 e. The van der Waals surface area contributed by atoms with Crippen LogP contribution in [0.4, 0.5) is 0 Å². The summed E-state index contributed by atoms with van der Waals surface area (Å²) in [5, 5.41) is 0. The third-order valence-corrected chi connectivity index (χ3v) is 7.26. The Balaban J connectivity index is 1.61. The van der Waals surface area contributed by atoms with E-state index < -0.39 is 12.5 Å². The second-order valence-corrected chi connectivity index (χ2v) is 9.90. The van der Waals surface area contributed by atoms with Crippen molar-refractivity contribution < 1.29 is 18.8 Å². The average molecular weight is 457 g/mol. The molecule has 1 aliphatic heterocycles. The van der Waals surface area contributed by atoms with E-state index in [0.29, 0.717) is 0 Å². The van der Waals surface area contributed by atoms with Gasteiger partial charge in [-0.25, -0.2) is 0 Å². The van der Waals surface area contributed by atoms with Crippen molar-refractivity contribution in [1.29, 1.82) is 0 Å². The number of halogens is 1. The van der Waals surface area contributed by atoms with E-state index in [0.717, 1.165) is 27.5 Å². The van der Waals surface area contributed by atoms with Crippen LogP contribution in [0.1, 0.15) is 51.2 Å². The van der Waals surface area contributed by atoms with Crippen LogP contribution in [0.25, 0.3) is 0 Å². The average Bonchev–Trinajstić information content (AvgIpc) is 3.39. The molecule has 0 aromatic heterocycles. The Labute approximate surface area is 181 Å². The number of benzene rings is 2. The Bertz CT molecular complexity index is 907. The summed E-state index contributed by atoms with van der Waals surface area (Å²) in [6.07, 6.45) is 0.747. The van der Waals surface area contributed by atoms with Crippen LogP contribution >= 0.6 is 15.9 Å².